The Morgan fingerprint density at radius 2 is 2.00 bits per heavy atom. The Balaban J connectivity index is 0.00000127. The van der Waals surface area contributed by atoms with Crippen LogP contribution in [0.3, 0.4) is 0 Å². The van der Waals surface area contributed by atoms with Gasteiger partial charge >= 0.3 is 0 Å². The molecule has 2 rings (SSSR count). The molecule has 23 heavy (non-hydrogen) atoms. The van der Waals surface area contributed by atoms with E-state index in [0.717, 1.165) is 47.4 Å². The number of aliphatic hydroxyl groups is 1. The minimum absolute atomic E-state index is 0.324. The van der Waals surface area contributed by atoms with Gasteiger partial charge in [0.05, 0.1) is 5.69 Å². The summed E-state index contributed by atoms with van der Waals surface area (Å²) in [6.07, 6.45) is 7.65. The lowest BCUT2D eigenvalue weighted by Gasteiger charge is -2.06. The van der Waals surface area contributed by atoms with E-state index < -0.39 is 0 Å². The molecular weight excluding hydrogens is 286 g/mol. The van der Waals surface area contributed by atoms with Crippen LogP contribution in [-0.2, 0) is 11.2 Å². The van der Waals surface area contributed by atoms with Gasteiger partial charge in [-0.3, -0.25) is 4.98 Å². The molecule has 0 spiro atoms. The van der Waals surface area contributed by atoms with E-state index in [0.29, 0.717) is 6.42 Å². The van der Waals surface area contributed by atoms with Crippen molar-refractivity contribution in [2.24, 2.45) is 0 Å². The van der Waals surface area contributed by atoms with Gasteiger partial charge in [-0.15, -0.1) is 0 Å². The first-order valence-corrected chi connectivity index (χ1v) is 7.47. The van der Waals surface area contributed by atoms with Gasteiger partial charge in [-0.25, -0.2) is 0 Å². The highest BCUT2D eigenvalue weighted by atomic mass is 16.2. The predicted octanol–water partition coefficient (Wildman–Crippen LogP) is 4.12. The average molecular weight is 309 g/mol. The minimum atomic E-state index is 0.324. The highest BCUT2D eigenvalue weighted by Crippen LogP contribution is 2.22. The minimum Gasteiger partial charge on any atom is -0.400 e. The first-order valence-electron chi connectivity index (χ1n) is 7.47. The molecule has 2 aromatic rings. The van der Waals surface area contributed by atoms with Crippen molar-refractivity contribution in [3.8, 4) is 0 Å². The molecule has 120 valence electrons. The lowest BCUT2D eigenvalue weighted by atomic mass is 10.0. The first-order chi connectivity index (χ1) is 11.2. The SMILES string of the molecule is C=C/C(=C\C(=C)CC=O)c1cc2cc(CC)ccc2cn1.CO. The number of fused-ring (bicyclic) bond motifs is 1. The number of hydrogen-bond acceptors (Lipinski definition) is 3. The van der Waals surface area contributed by atoms with Crippen LogP contribution in [0.2, 0.25) is 0 Å². The maximum Gasteiger partial charge on any atom is 0.124 e. The predicted molar refractivity (Wildman–Crippen MR) is 97.3 cm³/mol. The summed E-state index contributed by atoms with van der Waals surface area (Å²) in [6, 6.07) is 8.45. The van der Waals surface area contributed by atoms with Crippen LogP contribution in [-0.4, -0.2) is 23.5 Å². The number of carbonyl (C=O) groups is 1. The standard InChI is InChI=1S/C19H19NO.CH4O/c1-4-15-6-7-17-13-20-19(12-18(17)11-15)16(5-2)10-14(3)8-9-21;1-2/h5-7,9-13H,2-4,8H2,1H3;2H,1H3/b16-10+;. The molecule has 0 aliphatic rings. The Kier molecular flexibility index (Phi) is 7.64. The maximum atomic E-state index is 10.5. The molecule has 3 heteroatoms. The van der Waals surface area contributed by atoms with Crippen LogP contribution >= 0.6 is 0 Å². The van der Waals surface area contributed by atoms with Gasteiger partial charge in [0, 0.05) is 25.1 Å². The fraction of sp³-hybridized carbons (Fsp3) is 0.200. The largest absolute Gasteiger partial charge is 0.400 e. The Bertz CT molecular complexity index is 729. The third kappa shape index (κ3) is 5.01. The first kappa shape index (κ1) is 18.5. The van der Waals surface area contributed by atoms with Crippen molar-refractivity contribution in [3.63, 3.8) is 0 Å². The molecule has 0 fully saturated rings. The quantitative estimate of drug-likeness (QED) is 0.645. The second-order valence-electron chi connectivity index (χ2n) is 4.94. The lowest BCUT2D eigenvalue weighted by Crippen LogP contribution is -1.90. The molecular formula is C20H23NO2. The van der Waals surface area contributed by atoms with E-state index in [1.165, 1.54) is 5.56 Å². The Labute approximate surface area is 137 Å². The molecule has 3 nitrogen and oxygen atoms in total. The van der Waals surface area contributed by atoms with Gasteiger partial charge < -0.3 is 9.90 Å². The van der Waals surface area contributed by atoms with Crippen molar-refractivity contribution in [1.82, 2.24) is 4.98 Å². The third-order valence-electron chi connectivity index (χ3n) is 3.42. The van der Waals surface area contributed by atoms with E-state index in [-0.39, 0.29) is 0 Å². The molecule has 0 unspecified atom stereocenters. The molecule has 0 bridgehead atoms. The van der Waals surface area contributed by atoms with E-state index >= 15 is 0 Å². The average Bonchev–Trinajstić information content (AvgIpc) is 2.60. The van der Waals surface area contributed by atoms with E-state index in [1.54, 1.807) is 6.08 Å². The van der Waals surface area contributed by atoms with E-state index in [4.69, 9.17) is 5.11 Å². The Morgan fingerprint density at radius 3 is 2.61 bits per heavy atom. The van der Waals surface area contributed by atoms with Crippen LogP contribution in [0.4, 0.5) is 0 Å². The summed E-state index contributed by atoms with van der Waals surface area (Å²) < 4.78 is 0. The molecule has 0 aliphatic heterocycles. The maximum absolute atomic E-state index is 10.5. The Hall–Kier alpha value is -2.52. The van der Waals surface area contributed by atoms with Crippen molar-refractivity contribution in [3.05, 3.63) is 72.6 Å². The number of allylic oxidation sites excluding steroid dienone is 4. The van der Waals surface area contributed by atoms with Gasteiger partial charge in [0.2, 0.25) is 0 Å². The molecule has 0 radical (unpaired) electrons. The van der Waals surface area contributed by atoms with E-state index in [1.807, 2.05) is 12.3 Å². The number of rotatable bonds is 6. The van der Waals surface area contributed by atoms with Crippen LogP contribution in [0.5, 0.6) is 0 Å². The number of nitrogens with zero attached hydrogens (tertiary/aromatic N) is 1. The number of aliphatic hydroxyl groups excluding tert-OH is 1. The van der Waals surface area contributed by atoms with E-state index in [9.17, 15) is 4.79 Å². The molecule has 1 heterocycles. The molecule has 0 amide bonds. The second-order valence-corrected chi connectivity index (χ2v) is 4.94. The summed E-state index contributed by atoms with van der Waals surface area (Å²) in [5, 5.41) is 9.28. The number of benzene rings is 1. The van der Waals surface area contributed by atoms with Crippen LogP contribution in [0.25, 0.3) is 16.3 Å². The zero-order chi connectivity index (χ0) is 17.2. The van der Waals surface area contributed by atoms with Gasteiger partial charge in [0.1, 0.15) is 6.29 Å². The summed E-state index contributed by atoms with van der Waals surface area (Å²) in [6.45, 7) is 9.83. The van der Waals surface area contributed by atoms with Gasteiger partial charge in [-0.1, -0.05) is 44.4 Å². The van der Waals surface area contributed by atoms with Gasteiger partial charge in [-0.05, 0) is 40.7 Å². The zero-order valence-corrected chi connectivity index (χ0v) is 13.7. The zero-order valence-electron chi connectivity index (χ0n) is 13.7. The fourth-order valence-electron chi connectivity index (χ4n) is 2.19. The van der Waals surface area contributed by atoms with E-state index in [2.05, 4.69) is 49.3 Å². The highest BCUT2D eigenvalue weighted by molar-refractivity contribution is 5.86. The van der Waals surface area contributed by atoms with Crippen molar-refractivity contribution in [2.45, 2.75) is 19.8 Å². The van der Waals surface area contributed by atoms with Crippen molar-refractivity contribution in [1.29, 1.82) is 0 Å². The number of aryl methyl sites for hydroxylation is 1. The summed E-state index contributed by atoms with van der Waals surface area (Å²) in [4.78, 5) is 15.0. The van der Waals surface area contributed by atoms with Gasteiger partial charge in [0.25, 0.3) is 0 Å². The van der Waals surface area contributed by atoms with Gasteiger partial charge in [0.15, 0.2) is 0 Å². The smallest absolute Gasteiger partial charge is 0.124 e. The molecule has 1 aromatic carbocycles. The molecule has 0 saturated heterocycles. The number of carbonyl (C=O) groups excluding carboxylic acids is 1. The van der Waals surface area contributed by atoms with Crippen LogP contribution in [0.1, 0.15) is 24.6 Å². The summed E-state index contributed by atoms with van der Waals surface area (Å²) in [5.74, 6) is 0. The number of aromatic nitrogens is 1. The van der Waals surface area contributed by atoms with Crippen LogP contribution in [0.15, 0.2) is 61.3 Å². The number of pyridine rings is 1. The fourth-order valence-corrected chi connectivity index (χ4v) is 2.19. The monoisotopic (exact) mass is 309 g/mol. The highest BCUT2D eigenvalue weighted by Gasteiger charge is 2.03. The third-order valence-corrected chi connectivity index (χ3v) is 3.42. The molecule has 0 atom stereocenters. The molecule has 0 aliphatic carbocycles. The van der Waals surface area contributed by atoms with Crippen molar-refractivity contribution >= 4 is 22.6 Å². The second kappa shape index (κ2) is 9.49. The lowest BCUT2D eigenvalue weighted by molar-refractivity contribution is -0.107. The number of aldehydes is 1. The normalized spacial score (nSPS) is 10.7. The molecule has 1 aromatic heterocycles. The van der Waals surface area contributed by atoms with Crippen LogP contribution < -0.4 is 0 Å². The van der Waals surface area contributed by atoms with Crippen molar-refractivity contribution in [2.75, 3.05) is 7.11 Å². The topological polar surface area (TPSA) is 50.2 Å². The summed E-state index contributed by atoms with van der Waals surface area (Å²) >= 11 is 0. The number of hydrogen-bond donors (Lipinski definition) is 1. The Morgan fingerprint density at radius 1 is 1.26 bits per heavy atom. The van der Waals surface area contributed by atoms with Crippen molar-refractivity contribution < 1.29 is 9.90 Å². The summed E-state index contributed by atoms with van der Waals surface area (Å²) in [5.41, 5.74) is 3.78. The molecule has 0 saturated carbocycles. The summed E-state index contributed by atoms with van der Waals surface area (Å²) in [7, 11) is 1.00. The molecule has 1 N–H and O–H groups in total. The van der Waals surface area contributed by atoms with Gasteiger partial charge in [-0.2, -0.15) is 0 Å². The van der Waals surface area contributed by atoms with Crippen LogP contribution in [0, 0.1) is 0 Å².